The number of carbonyl (C=O) groups is 2. The number of para-hydroxylation sites is 1. The molecule has 0 aliphatic carbocycles. The Bertz CT molecular complexity index is 815. The zero-order chi connectivity index (χ0) is 20.0. The minimum Gasteiger partial charge on any atom is -0.507 e. The first kappa shape index (κ1) is 20.4. The van der Waals surface area contributed by atoms with E-state index in [1.165, 1.54) is 18.2 Å². The molecule has 0 spiro atoms. The van der Waals surface area contributed by atoms with Crippen LogP contribution in [0.4, 0.5) is 0 Å². The van der Waals surface area contributed by atoms with Crippen LogP contribution in [0.2, 0.25) is 0 Å². The molecule has 27 heavy (non-hydrogen) atoms. The van der Waals surface area contributed by atoms with Crippen LogP contribution in [0.1, 0.15) is 26.3 Å². The van der Waals surface area contributed by atoms with Gasteiger partial charge < -0.3 is 30.9 Å². The molecule has 0 bridgehead atoms. The summed E-state index contributed by atoms with van der Waals surface area (Å²) in [6.07, 6.45) is -0.211. The number of carboxylic acid groups (broad SMARTS) is 1. The predicted molar refractivity (Wildman–Crippen MR) is 99.5 cm³/mol. The smallest absolute Gasteiger partial charge is 0.480 e. The molecule has 0 radical (unpaired) electrons. The minimum absolute atomic E-state index is 0.0417. The van der Waals surface area contributed by atoms with Gasteiger partial charge in [0.05, 0.1) is 5.44 Å². The fourth-order valence-corrected chi connectivity index (χ4v) is 2.85. The van der Waals surface area contributed by atoms with E-state index in [2.05, 4.69) is 10.6 Å². The van der Waals surface area contributed by atoms with Crippen molar-refractivity contribution in [1.29, 1.82) is 0 Å². The Hall–Kier alpha value is -2.88. The van der Waals surface area contributed by atoms with Crippen molar-refractivity contribution in [2.24, 2.45) is 0 Å². The maximum absolute atomic E-state index is 12.6. The number of phenols is 1. The van der Waals surface area contributed by atoms with Crippen molar-refractivity contribution in [3.05, 3.63) is 65.2 Å². The van der Waals surface area contributed by atoms with Crippen molar-refractivity contribution in [2.45, 2.75) is 11.9 Å². The van der Waals surface area contributed by atoms with Crippen LogP contribution in [0.15, 0.2) is 48.5 Å². The second-order valence-electron chi connectivity index (χ2n) is 6.18. The van der Waals surface area contributed by atoms with Crippen LogP contribution in [0, 0.1) is 0 Å². The molecule has 1 atom stereocenters. The number of likely N-dealkylation sites (N-methyl/N-ethyl adjacent to an activating group) is 1. The topological polar surface area (TPSA) is 139 Å². The molecule has 9 heteroatoms. The van der Waals surface area contributed by atoms with E-state index >= 15 is 0 Å². The van der Waals surface area contributed by atoms with Gasteiger partial charge in [0.1, 0.15) is 11.3 Å². The van der Waals surface area contributed by atoms with E-state index in [9.17, 15) is 24.7 Å². The van der Waals surface area contributed by atoms with E-state index in [4.69, 9.17) is 5.11 Å². The number of aromatic hydroxyl groups is 1. The van der Waals surface area contributed by atoms with Gasteiger partial charge in [0.2, 0.25) is 0 Å². The first-order chi connectivity index (χ1) is 12.8. The summed E-state index contributed by atoms with van der Waals surface area (Å²) in [5.41, 5.74) is -1.43. The number of amides is 1. The Morgan fingerprint density at radius 1 is 1.07 bits per heavy atom. The Balaban J connectivity index is 2.41. The summed E-state index contributed by atoms with van der Waals surface area (Å²) in [6, 6.07) is 12.4. The van der Waals surface area contributed by atoms with Crippen molar-refractivity contribution in [1.82, 2.24) is 10.6 Å². The highest BCUT2D eigenvalue weighted by molar-refractivity contribution is 6.46. The molecule has 0 aliphatic rings. The minimum atomic E-state index is -1.98. The number of hydrogen-bond donors (Lipinski definition) is 6. The number of benzene rings is 2. The molecular formula is C18H21BN2O6. The Morgan fingerprint density at radius 2 is 1.74 bits per heavy atom. The zero-order valence-electron chi connectivity index (χ0n) is 14.7. The van der Waals surface area contributed by atoms with Gasteiger partial charge in [-0.3, -0.25) is 4.79 Å². The van der Waals surface area contributed by atoms with Crippen LogP contribution in [-0.2, 0) is 6.42 Å². The first-order valence-electron chi connectivity index (χ1n) is 8.23. The van der Waals surface area contributed by atoms with Crippen LogP contribution < -0.4 is 10.6 Å². The van der Waals surface area contributed by atoms with Crippen LogP contribution in [0.5, 0.6) is 5.75 Å². The van der Waals surface area contributed by atoms with Gasteiger partial charge in [0.25, 0.3) is 5.91 Å². The Morgan fingerprint density at radius 3 is 2.30 bits per heavy atom. The number of carbonyl (C=O) groups excluding carboxylic acids is 1. The predicted octanol–water partition coefficient (Wildman–Crippen LogP) is 0.0331. The fourth-order valence-electron chi connectivity index (χ4n) is 2.85. The lowest BCUT2D eigenvalue weighted by molar-refractivity contribution is 0.0693. The fraction of sp³-hybridized carbons (Fsp3) is 0.222. The number of carboxylic acids is 1. The lowest BCUT2D eigenvalue weighted by Crippen LogP contribution is -2.65. The van der Waals surface area contributed by atoms with Gasteiger partial charge >= 0.3 is 13.1 Å². The van der Waals surface area contributed by atoms with E-state index in [0.29, 0.717) is 5.56 Å². The van der Waals surface area contributed by atoms with Crippen molar-refractivity contribution in [2.75, 3.05) is 13.6 Å². The third-order valence-corrected chi connectivity index (χ3v) is 4.24. The van der Waals surface area contributed by atoms with Crippen molar-refractivity contribution < 1.29 is 29.9 Å². The molecule has 1 amide bonds. The second-order valence-corrected chi connectivity index (χ2v) is 6.18. The van der Waals surface area contributed by atoms with Crippen LogP contribution in [0.3, 0.4) is 0 Å². The average Bonchev–Trinajstić information content (AvgIpc) is 2.63. The average molecular weight is 372 g/mol. The third-order valence-electron chi connectivity index (χ3n) is 4.24. The van der Waals surface area contributed by atoms with Gasteiger partial charge in [-0.2, -0.15) is 0 Å². The Kier molecular flexibility index (Phi) is 6.57. The van der Waals surface area contributed by atoms with Crippen LogP contribution >= 0.6 is 0 Å². The molecule has 6 N–H and O–H groups in total. The molecule has 0 saturated carbocycles. The summed E-state index contributed by atoms with van der Waals surface area (Å²) in [7, 11) is -0.412. The van der Waals surface area contributed by atoms with E-state index in [1.54, 1.807) is 37.4 Å². The number of nitrogens with one attached hydrogen (secondary N) is 2. The van der Waals surface area contributed by atoms with E-state index in [-0.39, 0.29) is 24.1 Å². The highest BCUT2D eigenvalue weighted by atomic mass is 16.4. The monoisotopic (exact) mass is 372 g/mol. The summed E-state index contributed by atoms with van der Waals surface area (Å²) in [4.78, 5) is 23.8. The molecular weight excluding hydrogens is 351 g/mol. The van der Waals surface area contributed by atoms with Crippen LogP contribution in [0.25, 0.3) is 0 Å². The molecule has 8 nitrogen and oxygen atoms in total. The Labute approximate surface area is 156 Å². The standard InChI is InChI=1S/C18H21BN2O6/c1-20-11-18(19(26)27,21-16(23)12-6-3-2-4-7-12)10-13-8-5-9-14(15(13)22)17(24)25/h2-9,20,22,26-27H,10-11H2,1H3,(H,21,23)(H,24,25). The van der Waals surface area contributed by atoms with Gasteiger partial charge in [-0.25, -0.2) is 4.79 Å². The summed E-state index contributed by atoms with van der Waals surface area (Å²) in [5.74, 6) is -2.33. The van der Waals surface area contributed by atoms with E-state index in [1.807, 2.05) is 0 Å². The molecule has 0 aromatic heterocycles. The van der Waals surface area contributed by atoms with Gasteiger partial charge in [0.15, 0.2) is 0 Å². The molecule has 0 heterocycles. The molecule has 1 unspecified atom stereocenters. The number of rotatable bonds is 8. The number of hydrogen-bond acceptors (Lipinski definition) is 6. The highest BCUT2D eigenvalue weighted by Crippen LogP contribution is 2.27. The van der Waals surface area contributed by atoms with Gasteiger partial charge in [-0.05, 0) is 37.2 Å². The SMILES string of the molecule is CNCC(Cc1cccc(C(=O)O)c1O)(NC(=O)c1ccccc1)B(O)O. The van der Waals surface area contributed by atoms with Crippen molar-refractivity contribution in [3.63, 3.8) is 0 Å². The van der Waals surface area contributed by atoms with E-state index in [0.717, 1.165) is 0 Å². The lowest BCUT2D eigenvalue weighted by Gasteiger charge is -2.34. The van der Waals surface area contributed by atoms with Crippen molar-refractivity contribution in [3.8, 4) is 5.75 Å². The van der Waals surface area contributed by atoms with E-state index < -0.39 is 30.2 Å². The molecule has 0 saturated heterocycles. The second kappa shape index (κ2) is 8.67. The van der Waals surface area contributed by atoms with Crippen molar-refractivity contribution >= 4 is 19.0 Å². The zero-order valence-corrected chi connectivity index (χ0v) is 14.7. The lowest BCUT2D eigenvalue weighted by atomic mass is 9.61. The number of aromatic carboxylic acids is 1. The highest BCUT2D eigenvalue weighted by Gasteiger charge is 2.44. The molecule has 2 aromatic carbocycles. The molecule has 0 aliphatic heterocycles. The summed E-state index contributed by atoms with van der Waals surface area (Å²) in [5, 5.41) is 44.8. The summed E-state index contributed by atoms with van der Waals surface area (Å²) >= 11 is 0. The molecule has 142 valence electrons. The summed E-state index contributed by atoms with van der Waals surface area (Å²) < 4.78 is 0. The van der Waals surface area contributed by atoms with Crippen LogP contribution in [-0.4, -0.2) is 58.3 Å². The third kappa shape index (κ3) is 4.65. The molecule has 2 rings (SSSR count). The maximum Gasteiger partial charge on any atom is 0.480 e. The normalized spacial score (nSPS) is 12.9. The van der Waals surface area contributed by atoms with Gasteiger partial charge in [-0.15, -0.1) is 0 Å². The first-order valence-corrected chi connectivity index (χ1v) is 8.23. The van der Waals surface area contributed by atoms with Gasteiger partial charge in [0, 0.05) is 12.1 Å². The van der Waals surface area contributed by atoms with Gasteiger partial charge in [-0.1, -0.05) is 30.3 Å². The largest absolute Gasteiger partial charge is 0.507 e. The molecule has 2 aromatic rings. The quantitative estimate of drug-likeness (QED) is 0.360. The summed E-state index contributed by atoms with van der Waals surface area (Å²) in [6.45, 7) is -0.0417. The molecule has 0 fully saturated rings. The maximum atomic E-state index is 12.6.